The normalized spacial score (nSPS) is 32.6. The molecule has 0 amide bonds. The minimum atomic E-state index is 0.331. The maximum atomic E-state index is 5.43. The summed E-state index contributed by atoms with van der Waals surface area (Å²) in [5, 5.41) is 3.69. The van der Waals surface area contributed by atoms with Crippen LogP contribution < -0.4 is 5.32 Å². The lowest BCUT2D eigenvalue weighted by Crippen LogP contribution is -2.37. The molecule has 1 saturated carbocycles. The predicted molar refractivity (Wildman–Crippen MR) is 66.2 cm³/mol. The Bertz CT molecular complexity index is 297. The van der Waals surface area contributed by atoms with Crippen LogP contribution in [-0.2, 0) is 0 Å². The highest BCUT2D eigenvalue weighted by Gasteiger charge is 2.25. The highest BCUT2D eigenvalue weighted by Crippen LogP contribution is 2.29. The average molecular weight is 221 g/mol. The summed E-state index contributed by atoms with van der Waals surface area (Å²) in [6.07, 6.45) is 5.73. The summed E-state index contributed by atoms with van der Waals surface area (Å²) in [4.78, 5) is 0. The topological polar surface area (TPSA) is 25.2 Å². The smallest absolute Gasteiger partial charge is 0.120 e. The first-order chi connectivity index (χ1) is 7.65. The molecule has 2 rings (SSSR count). The first kappa shape index (κ1) is 11.7. The first-order valence-electron chi connectivity index (χ1n) is 6.44. The third-order valence-electron chi connectivity index (χ3n) is 3.63. The van der Waals surface area contributed by atoms with E-state index in [9.17, 15) is 0 Å². The molecule has 2 unspecified atom stereocenters. The molecule has 0 bridgehead atoms. The Kier molecular flexibility index (Phi) is 3.70. The SMILES string of the molecule is CC1CC(C)CC(N[C@H](C)c2ccco2)C1. The molecule has 90 valence electrons. The zero-order valence-electron chi connectivity index (χ0n) is 10.6. The van der Waals surface area contributed by atoms with E-state index in [0.29, 0.717) is 12.1 Å². The van der Waals surface area contributed by atoms with E-state index in [-0.39, 0.29) is 0 Å². The lowest BCUT2D eigenvalue weighted by molar-refractivity contribution is 0.222. The second kappa shape index (κ2) is 5.05. The molecule has 1 fully saturated rings. The third-order valence-corrected chi connectivity index (χ3v) is 3.63. The first-order valence-corrected chi connectivity index (χ1v) is 6.44. The van der Waals surface area contributed by atoms with Crippen LogP contribution in [0.5, 0.6) is 0 Å². The molecule has 1 aliphatic carbocycles. The van der Waals surface area contributed by atoms with Crippen LogP contribution >= 0.6 is 0 Å². The van der Waals surface area contributed by atoms with Crippen LogP contribution in [0.2, 0.25) is 0 Å². The maximum absolute atomic E-state index is 5.43. The summed E-state index contributed by atoms with van der Waals surface area (Å²) < 4.78 is 5.43. The van der Waals surface area contributed by atoms with Gasteiger partial charge in [0, 0.05) is 6.04 Å². The lowest BCUT2D eigenvalue weighted by Gasteiger charge is -2.33. The van der Waals surface area contributed by atoms with Gasteiger partial charge in [-0.2, -0.15) is 0 Å². The number of furan rings is 1. The summed E-state index contributed by atoms with van der Waals surface area (Å²) in [6.45, 7) is 6.91. The Morgan fingerprint density at radius 2 is 1.94 bits per heavy atom. The van der Waals surface area contributed by atoms with E-state index >= 15 is 0 Å². The van der Waals surface area contributed by atoms with Gasteiger partial charge in [-0.3, -0.25) is 0 Å². The highest BCUT2D eigenvalue weighted by molar-refractivity contribution is 5.03. The second-order valence-electron chi connectivity index (χ2n) is 5.52. The Morgan fingerprint density at radius 3 is 2.50 bits per heavy atom. The molecule has 1 N–H and O–H groups in total. The fourth-order valence-corrected chi connectivity index (χ4v) is 3.06. The van der Waals surface area contributed by atoms with Gasteiger partial charge in [0.2, 0.25) is 0 Å². The van der Waals surface area contributed by atoms with Gasteiger partial charge in [0.05, 0.1) is 12.3 Å². The van der Waals surface area contributed by atoms with E-state index in [2.05, 4.69) is 26.1 Å². The van der Waals surface area contributed by atoms with Crippen molar-refractivity contribution in [1.82, 2.24) is 5.32 Å². The van der Waals surface area contributed by atoms with E-state index in [1.54, 1.807) is 6.26 Å². The van der Waals surface area contributed by atoms with Crippen molar-refractivity contribution >= 4 is 0 Å². The fourth-order valence-electron chi connectivity index (χ4n) is 3.06. The van der Waals surface area contributed by atoms with Crippen LogP contribution in [-0.4, -0.2) is 6.04 Å². The van der Waals surface area contributed by atoms with Crippen molar-refractivity contribution in [3.05, 3.63) is 24.2 Å². The zero-order valence-corrected chi connectivity index (χ0v) is 10.6. The molecule has 16 heavy (non-hydrogen) atoms. The average Bonchev–Trinajstić information content (AvgIpc) is 2.68. The molecule has 3 atom stereocenters. The summed E-state index contributed by atoms with van der Waals surface area (Å²) in [5.74, 6) is 2.75. The Morgan fingerprint density at radius 1 is 1.25 bits per heavy atom. The quantitative estimate of drug-likeness (QED) is 0.840. The molecular weight excluding hydrogens is 198 g/mol. The molecule has 0 aromatic carbocycles. The van der Waals surface area contributed by atoms with Crippen molar-refractivity contribution in [3.63, 3.8) is 0 Å². The molecule has 2 heteroatoms. The van der Waals surface area contributed by atoms with Crippen molar-refractivity contribution in [3.8, 4) is 0 Å². The van der Waals surface area contributed by atoms with Crippen LogP contribution in [0.3, 0.4) is 0 Å². The van der Waals surface area contributed by atoms with E-state index in [4.69, 9.17) is 4.42 Å². The van der Waals surface area contributed by atoms with Crippen molar-refractivity contribution < 1.29 is 4.42 Å². The summed E-state index contributed by atoms with van der Waals surface area (Å²) in [7, 11) is 0. The number of hydrogen-bond acceptors (Lipinski definition) is 2. The number of nitrogens with one attached hydrogen (secondary N) is 1. The lowest BCUT2D eigenvalue weighted by atomic mass is 9.80. The summed E-state index contributed by atoms with van der Waals surface area (Å²) in [5.41, 5.74) is 0. The Labute approximate surface area is 98.4 Å². The Balaban J connectivity index is 1.89. The fraction of sp³-hybridized carbons (Fsp3) is 0.714. The molecule has 0 saturated heterocycles. The van der Waals surface area contributed by atoms with Crippen molar-refractivity contribution in [2.24, 2.45) is 11.8 Å². The second-order valence-corrected chi connectivity index (χ2v) is 5.52. The van der Waals surface area contributed by atoms with Crippen LogP contribution in [0.1, 0.15) is 51.8 Å². The van der Waals surface area contributed by atoms with Crippen LogP contribution in [0.4, 0.5) is 0 Å². The zero-order chi connectivity index (χ0) is 11.5. The molecular formula is C14H23NO. The van der Waals surface area contributed by atoms with Crippen LogP contribution in [0.15, 0.2) is 22.8 Å². The van der Waals surface area contributed by atoms with Crippen molar-refractivity contribution in [2.75, 3.05) is 0 Å². The number of hydrogen-bond donors (Lipinski definition) is 1. The summed E-state index contributed by atoms with van der Waals surface area (Å²) >= 11 is 0. The van der Waals surface area contributed by atoms with Gasteiger partial charge in [0.25, 0.3) is 0 Å². The molecule has 0 aliphatic heterocycles. The van der Waals surface area contributed by atoms with Crippen molar-refractivity contribution in [1.29, 1.82) is 0 Å². The number of rotatable bonds is 3. The van der Waals surface area contributed by atoms with E-state index in [1.165, 1.54) is 19.3 Å². The molecule has 1 aromatic rings. The molecule has 0 spiro atoms. The van der Waals surface area contributed by atoms with Gasteiger partial charge < -0.3 is 9.73 Å². The van der Waals surface area contributed by atoms with Gasteiger partial charge in [-0.15, -0.1) is 0 Å². The molecule has 2 nitrogen and oxygen atoms in total. The molecule has 1 heterocycles. The summed E-state index contributed by atoms with van der Waals surface area (Å²) in [6, 6.07) is 4.99. The predicted octanol–water partition coefficient (Wildman–Crippen LogP) is 3.75. The molecule has 1 aliphatic rings. The van der Waals surface area contributed by atoms with Gasteiger partial charge >= 0.3 is 0 Å². The minimum absolute atomic E-state index is 0.331. The largest absolute Gasteiger partial charge is 0.468 e. The van der Waals surface area contributed by atoms with Crippen molar-refractivity contribution in [2.45, 2.75) is 52.1 Å². The van der Waals surface area contributed by atoms with Gasteiger partial charge in [0.15, 0.2) is 0 Å². The van der Waals surface area contributed by atoms with E-state index < -0.39 is 0 Å². The van der Waals surface area contributed by atoms with Gasteiger partial charge in [-0.25, -0.2) is 0 Å². The van der Waals surface area contributed by atoms with Gasteiger partial charge in [-0.05, 0) is 50.2 Å². The van der Waals surface area contributed by atoms with Crippen LogP contribution in [0, 0.1) is 11.8 Å². The maximum Gasteiger partial charge on any atom is 0.120 e. The molecule has 0 radical (unpaired) electrons. The van der Waals surface area contributed by atoms with E-state index in [1.807, 2.05) is 12.1 Å². The highest BCUT2D eigenvalue weighted by atomic mass is 16.3. The minimum Gasteiger partial charge on any atom is -0.468 e. The third kappa shape index (κ3) is 2.88. The molecule has 1 aromatic heterocycles. The van der Waals surface area contributed by atoms with E-state index in [0.717, 1.165) is 17.6 Å². The van der Waals surface area contributed by atoms with Gasteiger partial charge in [0.1, 0.15) is 5.76 Å². The van der Waals surface area contributed by atoms with Gasteiger partial charge in [-0.1, -0.05) is 13.8 Å². The standard InChI is InChI=1S/C14H23NO/c1-10-7-11(2)9-13(8-10)15-12(3)14-5-4-6-16-14/h4-6,10-13,15H,7-9H2,1-3H3/t10?,11?,12-,13?/m1/s1. The van der Waals surface area contributed by atoms with Crippen LogP contribution in [0.25, 0.3) is 0 Å². The monoisotopic (exact) mass is 221 g/mol. The Hall–Kier alpha value is -0.760.